The summed E-state index contributed by atoms with van der Waals surface area (Å²) in [5.41, 5.74) is 0.484. The first kappa shape index (κ1) is 21.9. The van der Waals surface area contributed by atoms with Crippen LogP contribution in [-0.2, 0) is 10.0 Å². The second-order valence-corrected chi connectivity index (χ2v) is 9.00. The van der Waals surface area contributed by atoms with Crippen molar-refractivity contribution < 1.29 is 26.7 Å². The van der Waals surface area contributed by atoms with Crippen molar-refractivity contribution in [2.75, 3.05) is 23.7 Å². The van der Waals surface area contributed by atoms with E-state index in [0.29, 0.717) is 18.8 Å². The van der Waals surface area contributed by atoms with Crippen molar-refractivity contribution in [2.45, 2.75) is 18.9 Å². The molecule has 0 bridgehead atoms. The molecule has 1 aliphatic heterocycles. The molecule has 0 radical (unpaired) electrons. The molecule has 13 heteroatoms. The molecule has 10 nitrogen and oxygen atoms in total. The Hall–Kier alpha value is -3.32. The fourth-order valence-electron chi connectivity index (χ4n) is 3.64. The lowest BCUT2D eigenvalue weighted by Gasteiger charge is -2.26. The number of rotatable bonds is 6. The van der Waals surface area contributed by atoms with Gasteiger partial charge < -0.3 is 15.0 Å². The van der Waals surface area contributed by atoms with Gasteiger partial charge in [0.1, 0.15) is 17.5 Å². The van der Waals surface area contributed by atoms with Gasteiger partial charge in [-0.05, 0) is 37.1 Å². The zero-order valence-corrected chi connectivity index (χ0v) is 17.6. The number of nitrogens with one attached hydrogen (secondary N) is 1. The molecule has 3 heterocycles. The maximum Gasteiger partial charge on any atom is 0.412 e. The number of nitrogens with two attached hydrogens (primary N) is 1. The normalized spacial score (nSPS) is 16.5. The van der Waals surface area contributed by atoms with Gasteiger partial charge in [0.2, 0.25) is 15.7 Å². The first-order valence-electron chi connectivity index (χ1n) is 9.73. The van der Waals surface area contributed by atoms with Crippen LogP contribution in [-0.4, -0.2) is 48.0 Å². The van der Waals surface area contributed by atoms with Gasteiger partial charge in [-0.15, -0.1) is 0 Å². The van der Waals surface area contributed by atoms with E-state index in [9.17, 15) is 22.0 Å². The van der Waals surface area contributed by atoms with Crippen molar-refractivity contribution in [1.29, 1.82) is 0 Å². The van der Waals surface area contributed by atoms with Crippen LogP contribution in [0, 0.1) is 11.6 Å². The number of hydrogen-bond acceptors (Lipinski definition) is 7. The third-order valence-electron chi connectivity index (χ3n) is 5.04. The smallest absolute Gasteiger partial charge is 0.405 e. The van der Waals surface area contributed by atoms with Gasteiger partial charge in [0.25, 0.3) is 0 Å². The third-order valence-corrected chi connectivity index (χ3v) is 5.82. The van der Waals surface area contributed by atoms with Crippen molar-refractivity contribution in [3.63, 3.8) is 0 Å². The Morgan fingerprint density at radius 1 is 1.31 bits per heavy atom. The molecular formula is C19H20F2N6O4S. The van der Waals surface area contributed by atoms with E-state index >= 15 is 0 Å². The number of carbonyl (C=O) groups excluding carboxylic acids is 1. The number of primary sulfonamides is 1. The number of sulfonamides is 1. The number of aromatic nitrogens is 3. The zero-order chi connectivity index (χ0) is 22.9. The molecule has 1 fully saturated rings. The first-order chi connectivity index (χ1) is 15.2. The first-order valence-corrected chi connectivity index (χ1v) is 11.4. The van der Waals surface area contributed by atoms with E-state index < -0.39 is 39.5 Å². The van der Waals surface area contributed by atoms with Crippen LogP contribution in [0.2, 0.25) is 0 Å². The molecule has 4 rings (SSSR count). The summed E-state index contributed by atoms with van der Waals surface area (Å²) in [6.07, 6.45) is 3.40. The average Bonchev–Trinajstić information content (AvgIpc) is 3.36. The lowest BCUT2D eigenvalue weighted by molar-refractivity contribution is 0.201. The molecule has 0 unspecified atom stereocenters. The lowest BCUT2D eigenvalue weighted by Crippen LogP contribution is -2.33. The van der Waals surface area contributed by atoms with Gasteiger partial charge in [-0.2, -0.15) is 5.10 Å². The van der Waals surface area contributed by atoms with Crippen molar-refractivity contribution in [3.8, 4) is 5.75 Å². The minimum atomic E-state index is -3.72. The van der Waals surface area contributed by atoms with Gasteiger partial charge in [-0.3, -0.25) is 0 Å². The Kier molecular flexibility index (Phi) is 5.93. The molecule has 0 aliphatic carbocycles. The van der Waals surface area contributed by atoms with E-state index in [-0.39, 0.29) is 23.5 Å². The average molecular weight is 466 g/mol. The number of nitrogens with zero attached hydrogens (tertiary/aromatic N) is 4. The van der Waals surface area contributed by atoms with E-state index in [1.807, 2.05) is 4.90 Å². The fraction of sp³-hybridized carbons (Fsp3) is 0.316. The van der Waals surface area contributed by atoms with E-state index in [1.165, 1.54) is 16.8 Å². The third kappa shape index (κ3) is 4.78. The molecule has 1 atom stereocenters. The standard InChI is InChI=1S/C19H20F2N6O4S/c20-12-3-4-14(21)13(10-12)15-2-1-7-26(15)17-5-8-27-18(25-17)16(11-24-27)31-19(28)23-6-9-32(22,29)30/h3-5,8,10-11,15H,1-2,6-7,9H2,(H,23,28)(H2,22,29,30)/t15-/m1/s1. The number of fused-ring (bicyclic) bond motifs is 1. The number of ether oxygens (including phenoxy) is 1. The molecule has 1 amide bonds. The van der Waals surface area contributed by atoms with Gasteiger partial charge in [0, 0.05) is 24.8 Å². The predicted molar refractivity (Wildman–Crippen MR) is 111 cm³/mol. The van der Waals surface area contributed by atoms with E-state index in [2.05, 4.69) is 15.4 Å². The number of anilines is 1. The summed E-state index contributed by atoms with van der Waals surface area (Å²) >= 11 is 0. The molecular weight excluding hydrogens is 446 g/mol. The lowest BCUT2D eigenvalue weighted by atomic mass is 10.0. The van der Waals surface area contributed by atoms with Gasteiger partial charge in [-0.1, -0.05) is 0 Å². The summed E-state index contributed by atoms with van der Waals surface area (Å²) in [6, 6.07) is 4.66. The Balaban J connectivity index is 1.55. The van der Waals surface area contributed by atoms with Crippen LogP contribution in [0.5, 0.6) is 5.75 Å². The van der Waals surface area contributed by atoms with Gasteiger partial charge in [0.05, 0.1) is 18.0 Å². The molecule has 1 aromatic carbocycles. The molecule has 1 saturated heterocycles. The molecule has 32 heavy (non-hydrogen) atoms. The highest BCUT2D eigenvalue weighted by Crippen LogP contribution is 2.37. The number of amides is 1. The molecule has 2 aromatic heterocycles. The maximum absolute atomic E-state index is 14.4. The SMILES string of the molecule is NS(=O)(=O)CCNC(=O)Oc1cnn2ccc(N3CCC[C@@H]3c3cc(F)ccc3F)nc12. The van der Waals surface area contributed by atoms with Gasteiger partial charge in [0.15, 0.2) is 5.75 Å². The Morgan fingerprint density at radius 3 is 2.91 bits per heavy atom. The highest BCUT2D eigenvalue weighted by molar-refractivity contribution is 7.89. The Labute approximate surface area is 182 Å². The fourth-order valence-corrected chi connectivity index (χ4v) is 4.02. The van der Waals surface area contributed by atoms with E-state index in [4.69, 9.17) is 9.88 Å². The molecule has 0 saturated carbocycles. The zero-order valence-electron chi connectivity index (χ0n) is 16.7. The summed E-state index contributed by atoms with van der Waals surface area (Å²) < 4.78 is 56.6. The Morgan fingerprint density at radius 2 is 2.12 bits per heavy atom. The maximum atomic E-state index is 14.4. The molecule has 3 N–H and O–H groups in total. The summed E-state index contributed by atoms with van der Waals surface area (Å²) in [4.78, 5) is 18.3. The number of hydrogen-bond donors (Lipinski definition) is 2. The van der Waals surface area contributed by atoms with Crippen LogP contribution in [0.15, 0.2) is 36.7 Å². The minimum Gasteiger partial charge on any atom is -0.405 e. The van der Waals surface area contributed by atoms with Crippen LogP contribution in [0.25, 0.3) is 5.65 Å². The minimum absolute atomic E-state index is 0.0487. The predicted octanol–water partition coefficient (Wildman–Crippen LogP) is 1.73. The van der Waals surface area contributed by atoms with Gasteiger partial charge in [-0.25, -0.2) is 36.6 Å². The van der Waals surface area contributed by atoms with Crippen molar-refractivity contribution in [3.05, 3.63) is 53.9 Å². The monoisotopic (exact) mass is 466 g/mol. The summed E-state index contributed by atoms with van der Waals surface area (Å²) in [7, 11) is -3.72. The van der Waals surface area contributed by atoms with Crippen LogP contribution < -0.4 is 20.1 Å². The van der Waals surface area contributed by atoms with E-state index in [1.54, 1.807) is 12.3 Å². The quantitative estimate of drug-likeness (QED) is 0.565. The van der Waals surface area contributed by atoms with E-state index in [0.717, 1.165) is 18.6 Å². The van der Waals surface area contributed by atoms with Crippen molar-refractivity contribution >= 4 is 27.6 Å². The number of carbonyl (C=O) groups is 1. The van der Waals surface area contributed by atoms with Gasteiger partial charge >= 0.3 is 6.09 Å². The molecule has 1 aliphatic rings. The molecule has 170 valence electrons. The number of halogens is 2. The largest absolute Gasteiger partial charge is 0.412 e. The summed E-state index contributed by atoms with van der Waals surface area (Å²) in [5, 5.41) is 11.2. The van der Waals surface area contributed by atoms with Crippen molar-refractivity contribution in [1.82, 2.24) is 19.9 Å². The molecule has 3 aromatic rings. The number of benzene rings is 1. The second kappa shape index (κ2) is 8.67. The second-order valence-electron chi connectivity index (χ2n) is 7.26. The highest BCUT2D eigenvalue weighted by Gasteiger charge is 2.30. The van der Waals surface area contributed by atoms with Crippen LogP contribution in [0.3, 0.4) is 0 Å². The summed E-state index contributed by atoms with van der Waals surface area (Å²) in [6.45, 7) is 0.367. The van der Waals surface area contributed by atoms with Crippen LogP contribution in [0.1, 0.15) is 24.4 Å². The van der Waals surface area contributed by atoms with Crippen LogP contribution >= 0.6 is 0 Å². The van der Waals surface area contributed by atoms with Crippen LogP contribution in [0.4, 0.5) is 19.4 Å². The topological polar surface area (TPSA) is 132 Å². The molecule has 0 spiro atoms. The van der Waals surface area contributed by atoms with Crippen molar-refractivity contribution in [2.24, 2.45) is 5.14 Å². The summed E-state index contributed by atoms with van der Waals surface area (Å²) in [5.74, 6) is -0.909. The highest BCUT2D eigenvalue weighted by atomic mass is 32.2. The Bertz CT molecular complexity index is 1270.